The van der Waals surface area contributed by atoms with E-state index < -0.39 is 0 Å². The predicted octanol–water partition coefficient (Wildman–Crippen LogP) is 16.5. The lowest BCUT2D eigenvalue weighted by molar-refractivity contribution is 0.542. The van der Waals surface area contributed by atoms with Gasteiger partial charge in [-0.3, -0.25) is 0 Å². The monoisotopic (exact) mass is 834 g/mol. The Kier molecular flexibility index (Phi) is 9.31. The topological polar surface area (TPSA) is 14.7 Å². The lowest BCUT2D eigenvalue weighted by Gasteiger charge is -2.39. The standard InChI is InChI=1S/C61H46N4/c1-61-41-17-16-27-57(61)56-43-53(38-40-60(56)65(61)51-24-12-5-13-25-51)63(47-20-8-3-9-21-47)50-35-31-45(32-36-50)44-29-33-49(34-30-44)62(46-18-6-2-7-19-46)52-37-39-59-55(42-52)54-26-14-15-28-58(54)64(59)48-22-10-4-11-23-48/h2-43,57H,1H3. The predicted molar refractivity (Wildman–Crippen MR) is 274 cm³/mol. The molecule has 0 saturated carbocycles. The van der Waals surface area contributed by atoms with Gasteiger partial charge >= 0.3 is 0 Å². The fraction of sp³-hybridized carbons (Fsp3) is 0.0492. The van der Waals surface area contributed by atoms with Gasteiger partial charge in [0, 0.05) is 67.9 Å². The molecule has 0 saturated heterocycles. The van der Waals surface area contributed by atoms with Gasteiger partial charge in [0.05, 0.1) is 16.6 Å². The van der Waals surface area contributed by atoms with E-state index in [2.05, 4.69) is 281 Å². The first-order chi connectivity index (χ1) is 32.1. The zero-order chi connectivity index (χ0) is 43.3. The molecule has 0 bridgehead atoms. The van der Waals surface area contributed by atoms with E-state index in [1.165, 1.54) is 38.7 Å². The summed E-state index contributed by atoms with van der Waals surface area (Å²) in [6.07, 6.45) is 9.11. The van der Waals surface area contributed by atoms with Gasteiger partial charge in [0.1, 0.15) is 0 Å². The molecule has 0 fully saturated rings. The van der Waals surface area contributed by atoms with Crippen LogP contribution in [0.4, 0.5) is 45.5 Å². The highest BCUT2D eigenvalue weighted by molar-refractivity contribution is 6.10. The third-order valence-corrected chi connectivity index (χ3v) is 13.4. The summed E-state index contributed by atoms with van der Waals surface area (Å²) in [4.78, 5) is 7.24. The van der Waals surface area contributed by atoms with Gasteiger partial charge in [0.15, 0.2) is 0 Å². The molecular formula is C61H46N4. The van der Waals surface area contributed by atoms with Crippen molar-refractivity contribution in [2.24, 2.45) is 0 Å². The fourth-order valence-electron chi connectivity index (χ4n) is 10.4. The Morgan fingerprint density at radius 3 is 1.49 bits per heavy atom. The van der Waals surface area contributed by atoms with Crippen molar-refractivity contribution in [3.05, 3.63) is 260 Å². The molecule has 0 amide bonds. The molecule has 9 aromatic carbocycles. The van der Waals surface area contributed by atoms with Crippen LogP contribution in [0.2, 0.25) is 0 Å². The molecule has 2 unspecified atom stereocenters. The molecular weight excluding hydrogens is 789 g/mol. The summed E-state index contributed by atoms with van der Waals surface area (Å²) >= 11 is 0. The Labute approximate surface area is 380 Å². The van der Waals surface area contributed by atoms with Crippen molar-refractivity contribution in [3.63, 3.8) is 0 Å². The minimum Gasteiger partial charge on any atom is -0.331 e. The number of nitrogens with zero attached hydrogens (tertiary/aromatic N) is 4. The second-order valence-corrected chi connectivity index (χ2v) is 17.2. The van der Waals surface area contributed by atoms with Crippen LogP contribution in [-0.4, -0.2) is 10.1 Å². The van der Waals surface area contributed by atoms with Crippen molar-refractivity contribution in [1.82, 2.24) is 4.57 Å². The second-order valence-electron chi connectivity index (χ2n) is 17.2. The molecule has 1 aliphatic heterocycles. The van der Waals surface area contributed by atoms with Gasteiger partial charge in [-0.25, -0.2) is 0 Å². The van der Waals surface area contributed by atoms with E-state index in [4.69, 9.17) is 0 Å². The molecule has 2 aliphatic rings. The van der Waals surface area contributed by atoms with E-state index in [9.17, 15) is 0 Å². The van der Waals surface area contributed by atoms with Gasteiger partial charge in [-0.15, -0.1) is 0 Å². The first-order valence-electron chi connectivity index (χ1n) is 22.5. The Balaban J connectivity index is 0.888. The van der Waals surface area contributed by atoms with Crippen LogP contribution in [0.3, 0.4) is 0 Å². The summed E-state index contributed by atoms with van der Waals surface area (Å²) in [6, 6.07) is 83.4. The molecule has 310 valence electrons. The van der Waals surface area contributed by atoms with Gasteiger partial charge in [0.25, 0.3) is 0 Å². The van der Waals surface area contributed by atoms with Crippen molar-refractivity contribution in [2.45, 2.75) is 18.4 Å². The van der Waals surface area contributed by atoms with Crippen molar-refractivity contribution in [2.75, 3.05) is 14.7 Å². The zero-order valence-corrected chi connectivity index (χ0v) is 36.1. The quantitative estimate of drug-likeness (QED) is 0.144. The third kappa shape index (κ3) is 6.53. The minimum absolute atomic E-state index is 0.207. The molecule has 0 spiro atoms. The molecule has 12 rings (SSSR count). The van der Waals surface area contributed by atoms with Crippen LogP contribution in [0.5, 0.6) is 0 Å². The zero-order valence-electron chi connectivity index (χ0n) is 36.1. The summed E-state index contributed by atoms with van der Waals surface area (Å²) in [5.41, 5.74) is 16.1. The molecule has 0 N–H and O–H groups in total. The van der Waals surface area contributed by atoms with E-state index in [1.807, 2.05) is 0 Å². The van der Waals surface area contributed by atoms with E-state index in [-0.39, 0.29) is 11.5 Å². The number of para-hydroxylation sites is 5. The van der Waals surface area contributed by atoms with E-state index >= 15 is 0 Å². The minimum atomic E-state index is -0.207. The van der Waals surface area contributed by atoms with Crippen LogP contribution in [0.25, 0.3) is 38.6 Å². The highest BCUT2D eigenvalue weighted by Crippen LogP contribution is 2.55. The molecule has 1 aliphatic carbocycles. The maximum atomic E-state index is 2.51. The molecule has 1 aromatic heterocycles. The molecule has 2 heterocycles. The number of rotatable bonds is 9. The SMILES string of the molecule is CC12C=CC=CC1c1cc(N(c3ccccc3)c3ccc(-c4ccc(N(c5ccccc5)c5ccc6c(c5)c5ccccc5n6-c5ccccc5)cc4)cc3)ccc1N2c1ccccc1. The van der Waals surface area contributed by atoms with Gasteiger partial charge in [-0.1, -0.05) is 140 Å². The number of anilines is 8. The molecule has 4 heteroatoms. The Hall–Kier alpha value is -8.34. The fourth-order valence-corrected chi connectivity index (χ4v) is 10.4. The van der Waals surface area contributed by atoms with E-state index in [0.29, 0.717) is 0 Å². The molecule has 10 aromatic rings. The van der Waals surface area contributed by atoms with Gasteiger partial charge < -0.3 is 19.3 Å². The molecule has 65 heavy (non-hydrogen) atoms. The average Bonchev–Trinajstić information content (AvgIpc) is 3.84. The van der Waals surface area contributed by atoms with Crippen LogP contribution in [-0.2, 0) is 0 Å². The average molecular weight is 835 g/mol. The number of allylic oxidation sites excluding steroid dienone is 2. The molecule has 0 radical (unpaired) electrons. The van der Waals surface area contributed by atoms with Gasteiger partial charge in [-0.05, 0) is 139 Å². The lowest BCUT2D eigenvalue weighted by Crippen LogP contribution is -2.41. The van der Waals surface area contributed by atoms with Crippen LogP contribution >= 0.6 is 0 Å². The Morgan fingerprint density at radius 2 is 0.877 bits per heavy atom. The number of hydrogen-bond donors (Lipinski definition) is 0. The lowest BCUT2D eigenvalue weighted by atomic mass is 9.80. The second kappa shape index (κ2) is 15.8. The first kappa shape index (κ1) is 38.3. The largest absolute Gasteiger partial charge is 0.331 e. The maximum Gasteiger partial charge on any atom is 0.0712 e. The summed E-state index contributed by atoms with van der Waals surface area (Å²) < 4.78 is 2.37. The van der Waals surface area contributed by atoms with Gasteiger partial charge in [0.2, 0.25) is 0 Å². The normalized spacial score (nSPS) is 16.1. The van der Waals surface area contributed by atoms with Gasteiger partial charge in [-0.2, -0.15) is 0 Å². The third-order valence-electron chi connectivity index (χ3n) is 13.4. The molecule has 4 nitrogen and oxygen atoms in total. The number of hydrogen-bond acceptors (Lipinski definition) is 3. The van der Waals surface area contributed by atoms with Crippen LogP contribution < -0.4 is 14.7 Å². The summed E-state index contributed by atoms with van der Waals surface area (Å²) in [5.74, 6) is 0.216. The smallest absolute Gasteiger partial charge is 0.0712 e. The summed E-state index contributed by atoms with van der Waals surface area (Å²) in [6.45, 7) is 2.36. The molecule has 2 atom stereocenters. The van der Waals surface area contributed by atoms with E-state index in [0.717, 1.165) is 50.9 Å². The maximum absolute atomic E-state index is 2.51. The van der Waals surface area contributed by atoms with Crippen molar-refractivity contribution >= 4 is 67.3 Å². The first-order valence-corrected chi connectivity index (χ1v) is 22.5. The Bertz CT molecular complexity index is 3380. The summed E-state index contributed by atoms with van der Waals surface area (Å²) in [7, 11) is 0. The van der Waals surface area contributed by atoms with E-state index in [1.54, 1.807) is 0 Å². The van der Waals surface area contributed by atoms with Crippen molar-refractivity contribution in [1.29, 1.82) is 0 Å². The Morgan fingerprint density at radius 1 is 0.400 bits per heavy atom. The number of fused-ring (bicyclic) bond motifs is 6. The van der Waals surface area contributed by atoms with Crippen molar-refractivity contribution in [3.8, 4) is 16.8 Å². The number of aromatic nitrogens is 1. The highest BCUT2D eigenvalue weighted by Gasteiger charge is 2.47. The van der Waals surface area contributed by atoms with Crippen LogP contribution in [0.15, 0.2) is 255 Å². The summed E-state index contributed by atoms with van der Waals surface area (Å²) in [5, 5.41) is 2.46. The highest BCUT2D eigenvalue weighted by atomic mass is 15.2. The van der Waals surface area contributed by atoms with Crippen LogP contribution in [0.1, 0.15) is 18.4 Å². The number of benzene rings is 9. The van der Waals surface area contributed by atoms with Crippen LogP contribution in [0, 0.1) is 0 Å². The van der Waals surface area contributed by atoms with Crippen molar-refractivity contribution < 1.29 is 0 Å².